The third-order valence-corrected chi connectivity index (χ3v) is 5.94. The molecule has 0 aliphatic heterocycles. The molecule has 0 fully saturated rings. The summed E-state index contributed by atoms with van der Waals surface area (Å²) in [6.45, 7) is 3.43. The molecular weight excluding hydrogens is 439 g/mol. The molecule has 2 aromatic carbocycles. The first-order valence-corrected chi connectivity index (χ1v) is 12.8. The quantitative estimate of drug-likeness (QED) is 0.242. The van der Waals surface area contributed by atoms with Gasteiger partial charge in [-0.2, -0.15) is 0 Å². The number of carbonyl (C=O) groups excluding carboxylic acids is 1. The number of hydrogen-bond acceptors (Lipinski definition) is 1. The van der Waals surface area contributed by atoms with E-state index in [1.807, 2.05) is 36.4 Å². The molecule has 32 heavy (non-hydrogen) atoms. The molecular formula is C27H37Cl2N2O. The number of nitrogens with zero attached hydrogens (tertiary/aromatic N) is 1. The van der Waals surface area contributed by atoms with E-state index in [1.54, 1.807) is 6.07 Å². The second-order valence-corrected chi connectivity index (χ2v) is 9.37. The van der Waals surface area contributed by atoms with Gasteiger partial charge in [-0.25, -0.2) is 5.32 Å². The first kappa shape index (κ1) is 26.7. The predicted molar refractivity (Wildman–Crippen MR) is 138 cm³/mol. The van der Waals surface area contributed by atoms with Gasteiger partial charge in [-0.15, -0.1) is 0 Å². The van der Waals surface area contributed by atoms with Gasteiger partial charge in [-0.3, -0.25) is 4.79 Å². The lowest BCUT2D eigenvalue weighted by Crippen LogP contribution is -2.11. The van der Waals surface area contributed by atoms with Crippen molar-refractivity contribution >= 4 is 34.8 Å². The third-order valence-electron chi connectivity index (χ3n) is 5.51. The summed E-state index contributed by atoms with van der Waals surface area (Å²) in [6, 6.07) is 13.4. The third kappa shape index (κ3) is 11.9. The highest BCUT2D eigenvalue weighted by Gasteiger charge is 2.04. The van der Waals surface area contributed by atoms with E-state index in [0.29, 0.717) is 29.6 Å². The normalized spacial score (nSPS) is 11.0. The zero-order valence-electron chi connectivity index (χ0n) is 19.3. The Morgan fingerprint density at radius 1 is 0.750 bits per heavy atom. The number of nitrogens with one attached hydrogen (secondary N) is 1. The zero-order chi connectivity index (χ0) is 23.0. The van der Waals surface area contributed by atoms with E-state index in [4.69, 9.17) is 23.2 Å². The van der Waals surface area contributed by atoms with Crippen molar-refractivity contribution in [1.29, 1.82) is 0 Å². The summed E-state index contributed by atoms with van der Waals surface area (Å²) in [5.41, 5.74) is 2.94. The van der Waals surface area contributed by atoms with Crippen molar-refractivity contribution in [3.63, 3.8) is 0 Å². The van der Waals surface area contributed by atoms with Crippen LogP contribution in [0.25, 0.3) is 0 Å². The van der Waals surface area contributed by atoms with Crippen molar-refractivity contribution in [2.45, 2.75) is 90.6 Å². The van der Waals surface area contributed by atoms with Gasteiger partial charge in [0.05, 0.1) is 0 Å². The summed E-state index contributed by atoms with van der Waals surface area (Å²) in [4.78, 5) is 12.2. The molecule has 0 aliphatic carbocycles. The molecule has 1 radical (unpaired) electrons. The van der Waals surface area contributed by atoms with Crippen LogP contribution in [-0.2, 0) is 17.9 Å². The molecule has 1 N–H and O–H groups in total. The number of rotatable bonds is 16. The number of anilines is 1. The van der Waals surface area contributed by atoms with Crippen LogP contribution < -0.4 is 10.6 Å². The molecule has 5 heteroatoms. The van der Waals surface area contributed by atoms with E-state index in [1.165, 1.54) is 51.4 Å². The van der Waals surface area contributed by atoms with E-state index >= 15 is 0 Å². The Bertz CT molecular complexity index is 772. The first-order chi connectivity index (χ1) is 15.6. The molecule has 3 nitrogen and oxygen atoms in total. The molecule has 0 saturated heterocycles. The molecule has 0 bridgehead atoms. The van der Waals surface area contributed by atoms with E-state index in [9.17, 15) is 4.79 Å². The Hall–Kier alpha value is -1.55. The molecule has 2 aromatic rings. The van der Waals surface area contributed by atoms with Crippen molar-refractivity contribution in [2.75, 3.05) is 5.32 Å². The lowest BCUT2D eigenvalue weighted by molar-refractivity contribution is -0.116. The molecule has 2 rings (SSSR count). The van der Waals surface area contributed by atoms with Gasteiger partial charge >= 0.3 is 0 Å². The van der Waals surface area contributed by atoms with E-state index in [0.717, 1.165) is 29.7 Å². The van der Waals surface area contributed by atoms with Crippen LogP contribution in [0.4, 0.5) is 5.69 Å². The smallest absolute Gasteiger partial charge is 0.224 e. The highest BCUT2D eigenvalue weighted by atomic mass is 35.5. The standard InChI is InChI=1S/C27H37Cl2N2O/c1-2-3-4-5-6-7-8-9-10-11-12-27(32)31-26-15-13-22(14-16-26)20-30-21-23-17-24(28)19-25(29)18-23/h13-19H,2-12,20-21H2,1H3,(H,31,32). The minimum Gasteiger partial charge on any atom is -0.326 e. The summed E-state index contributed by atoms with van der Waals surface area (Å²) < 4.78 is 0. The second kappa shape index (κ2) is 16.1. The van der Waals surface area contributed by atoms with Crippen LogP contribution in [0.1, 0.15) is 88.7 Å². The van der Waals surface area contributed by atoms with Gasteiger partial charge in [0.2, 0.25) is 5.91 Å². The summed E-state index contributed by atoms with van der Waals surface area (Å²) in [5.74, 6) is 0.0971. The maximum absolute atomic E-state index is 12.2. The van der Waals surface area contributed by atoms with Gasteiger partial charge in [0.1, 0.15) is 0 Å². The minimum absolute atomic E-state index is 0.0971. The second-order valence-electron chi connectivity index (χ2n) is 8.49. The van der Waals surface area contributed by atoms with Crippen molar-refractivity contribution in [1.82, 2.24) is 5.32 Å². The number of amides is 1. The highest BCUT2D eigenvalue weighted by molar-refractivity contribution is 6.34. The largest absolute Gasteiger partial charge is 0.326 e. The van der Waals surface area contributed by atoms with Crippen molar-refractivity contribution < 1.29 is 4.79 Å². The molecule has 0 aliphatic rings. The molecule has 175 valence electrons. The maximum Gasteiger partial charge on any atom is 0.224 e. The SMILES string of the molecule is CCCCCCCCCCCCC(=O)Nc1ccc(C[N]Cc2cc(Cl)cc(Cl)c2)cc1. The Balaban J connectivity index is 1.55. The van der Waals surface area contributed by atoms with Crippen LogP contribution in [0.2, 0.25) is 10.0 Å². The van der Waals surface area contributed by atoms with Gasteiger partial charge in [0.25, 0.3) is 0 Å². The number of carbonyl (C=O) groups is 1. The molecule has 0 aromatic heterocycles. The number of unbranched alkanes of at least 4 members (excludes halogenated alkanes) is 9. The van der Waals surface area contributed by atoms with Crippen LogP contribution in [-0.4, -0.2) is 5.91 Å². The topological polar surface area (TPSA) is 43.2 Å². The summed E-state index contributed by atoms with van der Waals surface area (Å²) in [6.07, 6.45) is 13.4. The predicted octanol–water partition coefficient (Wildman–Crippen LogP) is 8.55. The number of hydrogen-bond donors (Lipinski definition) is 1. The van der Waals surface area contributed by atoms with E-state index in [-0.39, 0.29) is 5.91 Å². The lowest BCUT2D eigenvalue weighted by Gasteiger charge is -2.08. The van der Waals surface area contributed by atoms with Gasteiger partial charge in [-0.1, -0.05) is 100 Å². The van der Waals surface area contributed by atoms with E-state index < -0.39 is 0 Å². The molecule has 0 spiro atoms. The summed E-state index contributed by atoms with van der Waals surface area (Å²) >= 11 is 12.0. The number of halogens is 2. The van der Waals surface area contributed by atoms with Gasteiger partial charge < -0.3 is 5.32 Å². The number of benzene rings is 2. The maximum atomic E-state index is 12.2. The Morgan fingerprint density at radius 2 is 1.28 bits per heavy atom. The minimum atomic E-state index is 0.0971. The van der Waals surface area contributed by atoms with Crippen LogP contribution in [0.5, 0.6) is 0 Å². The fourth-order valence-electron chi connectivity index (χ4n) is 3.71. The molecule has 0 saturated carbocycles. The molecule has 0 unspecified atom stereocenters. The highest BCUT2D eigenvalue weighted by Crippen LogP contribution is 2.19. The van der Waals surface area contributed by atoms with Crippen molar-refractivity contribution in [2.24, 2.45) is 0 Å². The van der Waals surface area contributed by atoms with Crippen LogP contribution in [0.15, 0.2) is 42.5 Å². The monoisotopic (exact) mass is 475 g/mol. The average Bonchev–Trinajstić information content (AvgIpc) is 2.75. The lowest BCUT2D eigenvalue weighted by atomic mass is 10.1. The Kier molecular flexibility index (Phi) is 13.5. The zero-order valence-corrected chi connectivity index (χ0v) is 20.9. The summed E-state index contributed by atoms with van der Waals surface area (Å²) in [5, 5.41) is 8.82. The fraction of sp³-hybridized carbons (Fsp3) is 0.519. The average molecular weight is 477 g/mol. The van der Waals surface area contributed by atoms with Crippen molar-refractivity contribution in [3.8, 4) is 0 Å². The van der Waals surface area contributed by atoms with Crippen molar-refractivity contribution in [3.05, 3.63) is 63.6 Å². The molecule has 0 atom stereocenters. The Labute approximate surface area is 204 Å². The van der Waals surface area contributed by atoms with Crippen LogP contribution >= 0.6 is 23.2 Å². The molecule has 0 heterocycles. The molecule has 1 amide bonds. The van der Waals surface area contributed by atoms with Gasteiger partial charge in [0, 0.05) is 35.2 Å². The van der Waals surface area contributed by atoms with E-state index in [2.05, 4.69) is 17.6 Å². The van der Waals surface area contributed by atoms with Crippen LogP contribution in [0, 0.1) is 0 Å². The fourth-order valence-corrected chi connectivity index (χ4v) is 4.28. The van der Waals surface area contributed by atoms with Crippen LogP contribution in [0.3, 0.4) is 0 Å². The summed E-state index contributed by atoms with van der Waals surface area (Å²) in [7, 11) is 0. The van der Waals surface area contributed by atoms with Gasteiger partial charge in [0.15, 0.2) is 0 Å². The Morgan fingerprint density at radius 3 is 1.88 bits per heavy atom. The first-order valence-electron chi connectivity index (χ1n) is 12.0. The van der Waals surface area contributed by atoms with Gasteiger partial charge in [-0.05, 0) is 47.9 Å².